The van der Waals surface area contributed by atoms with E-state index in [2.05, 4.69) is 67.6 Å². The van der Waals surface area contributed by atoms with E-state index in [9.17, 15) is 4.79 Å². The lowest BCUT2D eigenvalue weighted by Crippen LogP contribution is -2.49. The minimum absolute atomic E-state index is 0.105. The summed E-state index contributed by atoms with van der Waals surface area (Å²) in [5, 5.41) is 14.0. The van der Waals surface area contributed by atoms with Crippen LogP contribution in [0, 0.1) is 13.8 Å². The number of aryl methyl sites for hydroxylation is 4. The number of nitrogens with zero attached hydrogens (tertiary/aromatic N) is 6. The third-order valence-corrected chi connectivity index (χ3v) is 8.14. The molecule has 0 bridgehead atoms. The molecular formula is C32H35N7O2. The molecule has 2 aromatic heterocycles. The highest BCUT2D eigenvalue weighted by Gasteiger charge is 2.33. The number of aromatic amines is 1. The predicted octanol–water partition coefficient (Wildman–Crippen LogP) is 4.29. The molecule has 0 amide bonds. The van der Waals surface area contributed by atoms with Crippen LogP contribution in [0.3, 0.4) is 0 Å². The molecule has 5 aromatic rings. The fourth-order valence-corrected chi connectivity index (χ4v) is 5.77. The van der Waals surface area contributed by atoms with Crippen LogP contribution in [0.1, 0.15) is 34.1 Å². The molecule has 1 unspecified atom stereocenters. The molecule has 1 aliphatic rings. The molecule has 9 nitrogen and oxygen atoms in total. The van der Waals surface area contributed by atoms with E-state index in [1.165, 1.54) is 5.56 Å². The quantitative estimate of drug-likeness (QED) is 0.309. The van der Waals surface area contributed by atoms with Crippen molar-refractivity contribution in [1.29, 1.82) is 0 Å². The van der Waals surface area contributed by atoms with Gasteiger partial charge in [0.1, 0.15) is 11.8 Å². The van der Waals surface area contributed by atoms with E-state index >= 15 is 0 Å². The van der Waals surface area contributed by atoms with Crippen LogP contribution < -0.4 is 15.2 Å². The van der Waals surface area contributed by atoms with Gasteiger partial charge >= 0.3 is 0 Å². The second-order valence-corrected chi connectivity index (χ2v) is 10.7. The Bertz CT molecular complexity index is 1690. The summed E-state index contributed by atoms with van der Waals surface area (Å²) < 4.78 is 7.19. The first kappa shape index (κ1) is 26.7. The van der Waals surface area contributed by atoms with Crippen LogP contribution in [0.4, 0.5) is 5.69 Å². The summed E-state index contributed by atoms with van der Waals surface area (Å²) in [6, 6.07) is 24.3. The molecule has 1 aliphatic heterocycles. The fraction of sp³-hybridized carbons (Fsp3) is 0.312. The summed E-state index contributed by atoms with van der Waals surface area (Å²) in [5.41, 5.74) is 5.98. The molecule has 3 aromatic carbocycles. The maximum Gasteiger partial charge on any atom is 0.253 e. The number of hydrogen-bond donors (Lipinski definition) is 1. The van der Waals surface area contributed by atoms with Crippen LogP contribution in [0.5, 0.6) is 5.75 Å². The third kappa shape index (κ3) is 5.45. The lowest BCUT2D eigenvalue weighted by molar-refractivity contribution is 0.199. The van der Waals surface area contributed by atoms with Gasteiger partial charge in [0.05, 0.1) is 12.6 Å². The number of hydrogen-bond acceptors (Lipinski definition) is 7. The van der Waals surface area contributed by atoms with Gasteiger partial charge in [-0.2, -0.15) is 0 Å². The Morgan fingerprint density at radius 1 is 0.927 bits per heavy atom. The van der Waals surface area contributed by atoms with Gasteiger partial charge in [-0.25, -0.2) is 4.68 Å². The topological polar surface area (TPSA) is 92.2 Å². The first-order chi connectivity index (χ1) is 20.0. The van der Waals surface area contributed by atoms with Crippen LogP contribution in [0.2, 0.25) is 0 Å². The van der Waals surface area contributed by atoms with Crippen LogP contribution in [0.25, 0.3) is 10.9 Å². The number of pyridine rings is 1. The summed E-state index contributed by atoms with van der Waals surface area (Å²) in [6.07, 6.45) is 0.795. The fourth-order valence-electron chi connectivity index (χ4n) is 5.77. The summed E-state index contributed by atoms with van der Waals surface area (Å²) in [5.74, 6) is 1.53. The van der Waals surface area contributed by atoms with Gasteiger partial charge < -0.3 is 14.6 Å². The van der Waals surface area contributed by atoms with Crippen molar-refractivity contribution >= 4 is 16.6 Å². The molecule has 1 saturated heterocycles. The molecule has 41 heavy (non-hydrogen) atoms. The van der Waals surface area contributed by atoms with Gasteiger partial charge in [0, 0.05) is 49.4 Å². The molecule has 210 valence electrons. The van der Waals surface area contributed by atoms with Crippen LogP contribution in [-0.4, -0.2) is 63.4 Å². The molecule has 9 heteroatoms. The van der Waals surface area contributed by atoms with Gasteiger partial charge in [0.2, 0.25) is 0 Å². The molecule has 6 rings (SSSR count). The van der Waals surface area contributed by atoms with E-state index in [1.807, 2.05) is 54.1 Å². The largest absolute Gasteiger partial charge is 0.497 e. The second kappa shape index (κ2) is 11.5. The zero-order valence-corrected chi connectivity index (χ0v) is 23.7. The summed E-state index contributed by atoms with van der Waals surface area (Å²) in [6.45, 7) is 7.88. The van der Waals surface area contributed by atoms with Crippen molar-refractivity contribution in [2.24, 2.45) is 0 Å². The Hall–Kier alpha value is -4.50. The van der Waals surface area contributed by atoms with Crippen molar-refractivity contribution in [2.45, 2.75) is 32.9 Å². The Morgan fingerprint density at radius 3 is 2.39 bits per heavy atom. The minimum atomic E-state index is -0.383. The maximum absolute atomic E-state index is 13.7. The van der Waals surface area contributed by atoms with Crippen molar-refractivity contribution in [3.8, 4) is 5.75 Å². The number of anilines is 1. The summed E-state index contributed by atoms with van der Waals surface area (Å²) in [7, 11) is 1.68. The Kier molecular flexibility index (Phi) is 7.52. The maximum atomic E-state index is 13.7. The third-order valence-electron chi connectivity index (χ3n) is 8.14. The molecule has 0 radical (unpaired) electrons. The highest BCUT2D eigenvalue weighted by Crippen LogP contribution is 2.30. The molecule has 0 saturated carbocycles. The minimum Gasteiger partial charge on any atom is -0.497 e. The smallest absolute Gasteiger partial charge is 0.253 e. The van der Waals surface area contributed by atoms with E-state index < -0.39 is 0 Å². The van der Waals surface area contributed by atoms with Crippen molar-refractivity contribution < 1.29 is 4.74 Å². The number of methoxy groups -OCH3 is 1. The van der Waals surface area contributed by atoms with Gasteiger partial charge in [-0.05, 0) is 77.7 Å². The monoisotopic (exact) mass is 549 g/mol. The number of benzene rings is 3. The zero-order valence-electron chi connectivity index (χ0n) is 23.7. The van der Waals surface area contributed by atoms with Gasteiger partial charge in [0.25, 0.3) is 5.56 Å². The number of ether oxygens (including phenoxy) is 1. The van der Waals surface area contributed by atoms with Crippen molar-refractivity contribution in [2.75, 3.05) is 38.2 Å². The van der Waals surface area contributed by atoms with E-state index in [-0.39, 0.29) is 11.6 Å². The van der Waals surface area contributed by atoms with E-state index in [1.54, 1.807) is 7.11 Å². The van der Waals surface area contributed by atoms with Crippen LogP contribution in [-0.2, 0) is 13.0 Å². The SMILES string of the molecule is COc1ccc(N2CCN(C(c3cc4c(C)ccc(C)c4[nH]c3=O)c3nnnn3CCc3ccccc3)CC2)cc1. The van der Waals surface area contributed by atoms with Crippen LogP contribution in [0.15, 0.2) is 77.6 Å². The predicted molar refractivity (Wildman–Crippen MR) is 161 cm³/mol. The van der Waals surface area contributed by atoms with Crippen molar-refractivity contribution in [3.63, 3.8) is 0 Å². The molecule has 1 atom stereocenters. The molecule has 1 fully saturated rings. The first-order valence-electron chi connectivity index (χ1n) is 14.1. The first-order valence-corrected chi connectivity index (χ1v) is 14.1. The van der Waals surface area contributed by atoms with E-state index in [0.29, 0.717) is 17.9 Å². The summed E-state index contributed by atoms with van der Waals surface area (Å²) in [4.78, 5) is 21.6. The van der Waals surface area contributed by atoms with Gasteiger partial charge in [0.15, 0.2) is 5.82 Å². The van der Waals surface area contributed by atoms with Gasteiger partial charge in [-0.15, -0.1) is 5.10 Å². The standard InChI is InChI=1S/C32H35N7O2/c1-22-9-10-23(2)29-27(22)21-28(32(40)33-29)30(31-34-35-36-39(31)16-15-24-7-5-4-6-8-24)38-19-17-37(18-20-38)25-11-13-26(41-3)14-12-25/h4-14,21,30H,15-20H2,1-3H3,(H,33,40). The highest BCUT2D eigenvalue weighted by molar-refractivity contribution is 5.85. The Labute approximate surface area is 239 Å². The van der Waals surface area contributed by atoms with Crippen LogP contribution >= 0.6 is 0 Å². The number of piperazine rings is 1. The van der Waals surface area contributed by atoms with Gasteiger partial charge in [-0.3, -0.25) is 9.69 Å². The molecule has 0 spiro atoms. The average molecular weight is 550 g/mol. The second-order valence-electron chi connectivity index (χ2n) is 10.7. The lowest BCUT2D eigenvalue weighted by atomic mass is 9.99. The molecule has 3 heterocycles. The van der Waals surface area contributed by atoms with Gasteiger partial charge in [-0.1, -0.05) is 42.5 Å². The Morgan fingerprint density at radius 2 is 1.66 bits per heavy atom. The number of fused-ring (bicyclic) bond motifs is 1. The highest BCUT2D eigenvalue weighted by atomic mass is 16.5. The number of tetrazole rings is 1. The number of aromatic nitrogens is 5. The number of H-pyrrole nitrogens is 1. The van der Waals surface area contributed by atoms with E-state index in [0.717, 1.165) is 66.1 Å². The Balaban J connectivity index is 1.35. The normalized spacial score (nSPS) is 14.9. The summed E-state index contributed by atoms with van der Waals surface area (Å²) >= 11 is 0. The number of rotatable bonds is 8. The van der Waals surface area contributed by atoms with E-state index in [4.69, 9.17) is 4.74 Å². The number of nitrogens with one attached hydrogen (secondary N) is 1. The molecule has 0 aliphatic carbocycles. The van der Waals surface area contributed by atoms with Crippen molar-refractivity contribution in [3.05, 3.63) is 111 Å². The zero-order chi connectivity index (χ0) is 28.3. The lowest BCUT2D eigenvalue weighted by Gasteiger charge is -2.39. The van der Waals surface area contributed by atoms with Crippen molar-refractivity contribution in [1.82, 2.24) is 30.1 Å². The molecule has 1 N–H and O–H groups in total. The molecular weight excluding hydrogens is 514 g/mol. The average Bonchev–Trinajstić information content (AvgIpc) is 3.48.